The molecule has 2 heterocycles. The molecule has 21 heavy (non-hydrogen) atoms. The molecule has 0 aromatic carbocycles. The molecule has 1 aromatic heterocycles. The van der Waals surface area contributed by atoms with Crippen LogP contribution in [0.15, 0.2) is 36.2 Å². The molecule has 1 spiro atoms. The van der Waals surface area contributed by atoms with E-state index in [1.54, 1.807) is 0 Å². The first-order valence-corrected chi connectivity index (χ1v) is 7.87. The molecular formula is C18H26NO2+. The highest BCUT2D eigenvalue weighted by molar-refractivity contribution is 5.15. The van der Waals surface area contributed by atoms with Crippen molar-refractivity contribution in [2.75, 3.05) is 13.2 Å². The molecule has 3 nitrogen and oxygen atoms in total. The van der Waals surface area contributed by atoms with E-state index in [4.69, 9.17) is 9.47 Å². The highest BCUT2D eigenvalue weighted by Crippen LogP contribution is 2.48. The minimum atomic E-state index is -0.227. The summed E-state index contributed by atoms with van der Waals surface area (Å²) in [7, 11) is 2.02. The van der Waals surface area contributed by atoms with Crippen molar-refractivity contribution >= 4 is 0 Å². The van der Waals surface area contributed by atoms with Crippen LogP contribution in [0.1, 0.15) is 39.0 Å². The average molecular weight is 288 g/mol. The van der Waals surface area contributed by atoms with E-state index >= 15 is 0 Å². The Morgan fingerprint density at radius 3 is 2.57 bits per heavy atom. The molecule has 1 saturated heterocycles. The molecule has 3 heteroatoms. The lowest BCUT2D eigenvalue weighted by molar-refractivity contribution is -0.672. The standard InChI is InChI=1S/C18H26NO2/c1-13-8-14(2)18(15(3)9-13)11-20-17(21-12-18)16-6-5-7-19(4)10-16/h5-8,10,14-15,17H,9,11-12H2,1-4H3/q+1/t14-,15-,17?,18?/m1/s1. The summed E-state index contributed by atoms with van der Waals surface area (Å²) >= 11 is 0. The first-order valence-electron chi connectivity index (χ1n) is 7.87. The van der Waals surface area contributed by atoms with Crippen LogP contribution in [0.3, 0.4) is 0 Å². The van der Waals surface area contributed by atoms with Crippen LogP contribution in [0.25, 0.3) is 0 Å². The quantitative estimate of drug-likeness (QED) is 0.585. The van der Waals surface area contributed by atoms with E-state index < -0.39 is 0 Å². The number of aromatic nitrogens is 1. The van der Waals surface area contributed by atoms with Gasteiger partial charge in [-0.1, -0.05) is 25.5 Å². The topological polar surface area (TPSA) is 22.3 Å². The molecule has 0 unspecified atom stereocenters. The molecule has 114 valence electrons. The van der Waals surface area contributed by atoms with Gasteiger partial charge in [0.05, 0.1) is 18.8 Å². The Kier molecular flexibility index (Phi) is 3.89. The Bertz CT molecular complexity index is 544. The van der Waals surface area contributed by atoms with Crippen LogP contribution in [0.2, 0.25) is 0 Å². The van der Waals surface area contributed by atoms with Gasteiger partial charge < -0.3 is 9.47 Å². The molecule has 1 aliphatic heterocycles. The molecular weight excluding hydrogens is 262 g/mol. The fourth-order valence-corrected chi connectivity index (χ4v) is 3.84. The van der Waals surface area contributed by atoms with Crippen molar-refractivity contribution in [1.29, 1.82) is 0 Å². The maximum Gasteiger partial charge on any atom is 0.189 e. The van der Waals surface area contributed by atoms with Crippen LogP contribution in [-0.4, -0.2) is 13.2 Å². The summed E-state index contributed by atoms with van der Waals surface area (Å²) in [5.74, 6) is 1.11. The number of pyridine rings is 1. The summed E-state index contributed by atoms with van der Waals surface area (Å²) in [5.41, 5.74) is 2.72. The zero-order chi connectivity index (χ0) is 15.0. The SMILES string of the molecule is CC1=C[C@@H](C)C2(COC(c3ccc[n+](C)c3)OC2)[C@H](C)C1. The second-order valence-electron chi connectivity index (χ2n) is 6.90. The van der Waals surface area contributed by atoms with E-state index in [9.17, 15) is 0 Å². The maximum absolute atomic E-state index is 6.12. The van der Waals surface area contributed by atoms with Crippen molar-refractivity contribution < 1.29 is 14.0 Å². The minimum absolute atomic E-state index is 0.132. The third-order valence-corrected chi connectivity index (χ3v) is 5.29. The number of allylic oxidation sites excluding steroid dienone is 2. The molecule has 0 radical (unpaired) electrons. The van der Waals surface area contributed by atoms with Crippen LogP contribution in [-0.2, 0) is 16.5 Å². The van der Waals surface area contributed by atoms with E-state index in [0.717, 1.165) is 25.2 Å². The highest BCUT2D eigenvalue weighted by Gasteiger charge is 2.47. The Morgan fingerprint density at radius 1 is 1.24 bits per heavy atom. The number of nitrogens with zero attached hydrogens (tertiary/aromatic N) is 1. The van der Waals surface area contributed by atoms with Crippen LogP contribution < -0.4 is 4.57 Å². The number of aryl methyl sites for hydroxylation is 1. The maximum atomic E-state index is 6.12. The predicted octanol–water partition coefficient (Wildman–Crippen LogP) is 3.17. The Labute approximate surface area is 127 Å². The van der Waals surface area contributed by atoms with Gasteiger partial charge in [0.1, 0.15) is 7.05 Å². The van der Waals surface area contributed by atoms with Gasteiger partial charge in [-0.25, -0.2) is 4.57 Å². The molecule has 3 rings (SSSR count). The van der Waals surface area contributed by atoms with Crippen LogP contribution in [0, 0.1) is 17.3 Å². The second kappa shape index (κ2) is 5.54. The van der Waals surface area contributed by atoms with Gasteiger partial charge in [-0.15, -0.1) is 0 Å². The van der Waals surface area contributed by atoms with E-state index in [0.29, 0.717) is 11.8 Å². The van der Waals surface area contributed by atoms with Gasteiger partial charge in [-0.3, -0.25) is 0 Å². The van der Waals surface area contributed by atoms with Gasteiger partial charge in [-0.05, 0) is 31.2 Å². The first-order chi connectivity index (χ1) is 10.0. The fraction of sp³-hybridized carbons (Fsp3) is 0.611. The minimum Gasteiger partial charge on any atom is -0.347 e. The number of rotatable bonds is 1. The third kappa shape index (κ3) is 2.65. The van der Waals surface area contributed by atoms with E-state index in [2.05, 4.69) is 39.1 Å². The van der Waals surface area contributed by atoms with Crippen LogP contribution in [0.4, 0.5) is 0 Å². The molecule has 2 atom stereocenters. The lowest BCUT2D eigenvalue weighted by Crippen LogP contribution is -2.49. The van der Waals surface area contributed by atoms with Crippen molar-refractivity contribution in [3.63, 3.8) is 0 Å². The van der Waals surface area contributed by atoms with Crippen LogP contribution >= 0.6 is 0 Å². The Balaban J connectivity index is 1.75. The van der Waals surface area contributed by atoms with Gasteiger partial charge in [-0.2, -0.15) is 0 Å². The van der Waals surface area contributed by atoms with E-state index in [-0.39, 0.29) is 11.7 Å². The normalized spacial score (nSPS) is 36.6. The van der Waals surface area contributed by atoms with Gasteiger partial charge in [0.15, 0.2) is 18.7 Å². The second-order valence-corrected chi connectivity index (χ2v) is 6.90. The number of ether oxygens (including phenoxy) is 2. The third-order valence-electron chi connectivity index (χ3n) is 5.29. The highest BCUT2D eigenvalue weighted by atomic mass is 16.7. The molecule has 2 aliphatic rings. The van der Waals surface area contributed by atoms with Gasteiger partial charge in [0, 0.05) is 11.5 Å². The lowest BCUT2D eigenvalue weighted by Gasteiger charge is -2.49. The molecule has 0 N–H and O–H groups in total. The molecule has 0 amide bonds. The van der Waals surface area contributed by atoms with Crippen molar-refractivity contribution in [1.82, 2.24) is 0 Å². The summed E-state index contributed by atoms with van der Waals surface area (Å²) in [6.45, 7) is 8.43. The Morgan fingerprint density at radius 2 is 1.95 bits per heavy atom. The van der Waals surface area contributed by atoms with Gasteiger partial charge in [0.25, 0.3) is 0 Å². The molecule has 1 aromatic rings. The largest absolute Gasteiger partial charge is 0.347 e. The number of hydrogen-bond donors (Lipinski definition) is 0. The zero-order valence-electron chi connectivity index (χ0n) is 13.5. The van der Waals surface area contributed by atoms with Crippen molar-refractivity contribution in [2.45, 2.75) is 33.5 Å². The Hall–Kier alpha value is -1.19. The summed E-state index contributed by atoms with van der Waals surface area (Å²) in [5, 5.41) is 0. The van der Waals surface area contributed by atoms with Gasteiger partial charge in [0.2, 0.25) is 0 Å². The predicted molar refractivity (Wildman–Crippen MR) is 81.4 cm³/mol. The van der Waals surface area contributed by atoms with Crippen molar-refractivity contribution in [2.24, 2.45) is 24.3 Å². The molecule has 1 aliphatic carbocycles. The van der Waals surface area contributed by atoms with Gasteiger partial charge >= 0.3 is 0 Å². The zero-order valence-corrected chi connectivity index (χ0v) is 13.5. The average Bonchev–Trinajstić information content (AvgIpc) is 2.45. The van der Waals surface area contributed by atoms with Crippen molar-refractivity contribution in [3.05, 3.63) is 41.7 Å². The fourth-order valence-electron chi connectivity index (χ4n) is 3.84. The number of hydrogen-bond acceptors (Lipinski definition) is 2. The lowest BCUT2D eigenvalue weighted by atomic mass is 9.63. The molecule has 1 fully saturated rings. The van der Waals surface area contributed by atoms with E-state index in [1.165, 1.54) is 5.57 Å². The first kappa shape index (κ1) is 14.7. The summed E-state index contributed by atoms with van der Waals surface area (Å²) in [6.07, 6.45) is 7.42. The smallest absolute Gasteiger partial charge is 0.189 e. The molecule has 0 bridgehead atoms. The van der Waals surface area contributed by atoms with Crippen molar-refractivity contribution in [3.8, 4) is 0 Å². The summed E-state index contributed by atoms with van der Waals surface area (Å²) in [6, 6.07) is 4.10. The monoisotopic (exact) mass is 288 g/mol. The summed E-state index contributed by atoms with van der Waals surface area (Å²) < 4.78 is 14.3. The molecule has 0 saturated carbocycles. The summed E-state index contributed by atoms with van der Waals surface area (Å²) in [4.78, 5) is 0. The van der Waals surface area contributed by atoms with E-state index in [1.807, 2.05) is 23.9 Å². The van der Waals surface area contributed by atoms with Crippen LogP contribution in [0.5, 0.6) is 0 Å².